The zero-order chi connectivity index (χ0) is 15.5. The number of anilines is 1. The molecule has 2 rings (SSSR count). The van der Waals surface area contributed by atoms with Gasteiger partial charge in [0, 0.05) is 32.4 Å². The Labute approximate surface area is 128 Å². The standard InChI is InChI=1S/C12H17ClN4O3S/c1-2-21(19,20)17-7-5-16(6-8-17)12(18)15-11-4-3-10(13)9-14-11/h3-4,9H,2,5-8H2,1H3,(H,14,15,18). The summed E-state index contributed by atoms with van der Waals surface area (Å²) in [4.78, 5) is 17.6. The van der Waals surface area contributed by atoms with Gasteiger partial charge in [0.25, 0.3) is 0 Å². The predicted octanol–water partition coefficient (Wildman–Crippen LogP) is 1.23. The van der Waals surface area contributed by atoms with E-state index in [0.717, 1.165) is 0 Å². The number of urea groups is 1. The quantitative estimate of drug-likeness (QED) is 0.902. The first-order chi connectivity index (χ1) is 9.92. The zero-order valence-electron chi connectivity index (χ0n) is 11.6. The molecule has 0 bridgehead atoms. The normalized spacial score (nSPS) is 16.8. The second kappa shape index (κ2) is 6.59. The van der Waals surface area contributed by atoms with Crippen LogP contribution in [0.15, 0.2) is 18.3 Å². The van der Waals surface area contributed by atoms with Crippen molar-refractivity contribution < 1.29 is 13.2 Å². The topological polar surface area (TPSA) is 82.6 Å². The van der Waals surface area contributed by atoms with E-state index in [1.54, 1.807) is 24.0 Å². The Kier molecular flexibility index (Phi) is 5.02. The number of carbonyl (C=O) groups excluding carboxylic acids is 1. The van der Waals surface area contributed by atoms with Crippen molar-refractivity contribution in [3.05, 3.63) is 23.4 Å². The Bertz CT molecular complexity index is 597. The van der Waals surface area contributed by atoms with Gasteiger partial charge in [0.15, 0.2) is 0 Å². The Balaban J connectivity index is 1.90. The first kappa shape index (κ1) is 16.0. The Morgan fingerprint density at radius 1 is 1.33 bits per heavy atom. The third kappa shape index (κ3) is 4.05. The van der Waals surface area contributed by atoms with E-state index in [1.807, 2.05) is 0 Å². The number of hydrogen-bond acceptors (Lipinski definition) is 4. The van der Waals surface area contributed by atoms with Crippen molar-refractivity contribution in [2.45, 2.75) is 6.92 Å². The van der Waals surface area contributed by atoms with Gasteiger partial charge in [-0.15, -0.1) is 0 Å². The molecule has 1 N–H and O–H groups in total. The lowest BCUT2D eigenvalue weighted by molar-refractivity contribution is 0.184. The van der Waals surface area contributed by atoms with E-state index in [4.69, 9.17) is 11.6 Å². The summed E-state index contributed by atoms with van der Waals surface area (Å²) in [6.45, 7) is 2.97. The van der Waals surface area contributed by atoms with Gasteiger partial charge >= 0.3 is 6.03 Å². The van der Waals surface area contributed by atoms with Crippen LogP contribution in [0.2, 0.25) is 5.02 Å². The van der Waals surface area contributed by atoms with Gasteiger partial charge < -0.3 is 4.90 Å². The molecule has 0 aliphatic carbocycles. The summed E-state index contributed by atoms with van der Waals surface area (Å²) in [5, 5.41) is 3.15. The van der Waals surface area contributed by atoms with Gasteiger partial charge in [0.2, 0.25) is 10.0 Å². The molecule has 1 fully saturated rings. The van der Waals surface area contributed by atoms with Crippen molar-refractivity contribution in [1.82, 2.24) is 14.2 Å². The molecule has 2 amide bonds. The van der Waals surface area contributed by atoms with Gasteiger partial charge in [-0.05, 0) is 19.1 Å². The first-order valence-electron chi connectivity index (χ1n) is 6.57. The number of pyridine rings is 1. The summed E-state index contributed by atoms with van der Waals surface area (Å²) in [5.74, 6) is 0.487. The molecule has 0 aromatic carbocycles. The van der Waals surface area contributed by atoms with Gasteiger partial charge in [-0.3, -0.25) is 5.32 Å². The fourth-order valence-corrected chi connectivity index (χ4v) is 3.19. The number of nitrogens with one attached hydrogen (secondary N) is 1. The van der Waals surface area contributed by atoms with E-state index in [0.29, 0.717) is 37.0 Å². The molecule has 1 aromatic heterocycles. The molecule has 0 atom stereocenters. The average Bonchev–Trinajstić information content (AvgIpc) is 2.49. The second-order valence-corrected chi connectivity index (χ2v) is 7.27. The molecule has 1 aliphatic rings. The third-order valence-corrected chi connectivity index (χ3v) is 5.35. The van der Waals surface area contributed by atoms with E-state index in [2.05, 4.69) is 10.3 Å². The number of sulfonamides is 1. The molecular weight excluding hydrogens is 316 g/mol. The molecule has 116 valence electrons. The first-order valence-corrected chi connectivity index (χ1v) is 8.56. The fraction of sp³-hybridized carbons (Fsp3) is 0.500. The largest absolute Gasteiger partial charge is 0.323 e. The summed E-state index contributed by atoms with van der Waals surface area (Å²) in [6, 6.07) is 2.95. The molecule has 1 aromatic rings. The highest BCUT2D eigenvalue weighted by molar-refractivity contribution is 7.89. The number of halogens is 1. The number of hydrogen-bond donors (Lipinski definition) is 1. The summed E-state index contributed by atoms with van der Waals surface area (Å²) in [6.07, 6.45) is 1.45. The highest BCUT2D eigenvalue weighted by Crippen LogP contribution is 2.12. The summed E-state index contributed by atoms with van der Waals surface area (Å²) in [5.41, 5.74) is 0. The lowest BCUT2D eigenvalue weighted by Gasteiger charge is -2.33. The average molecular weight is 333 g/mol. The number of aromatic nitrogens is 1. The summed E-state index contributed by atoms with van der Waals surface area (Å²) in [7, 11) is -3.19. The molecular formula is C12H17ClN4O3S. The highest BCUT2D eigenvalue weighted by atomic mass is 35.5. The van der Waals surface area contributed by atoms with Crippen LogP contribution >= 0.6 is 11.6 Å². The Hall–Kier alpha value is -1.38. The molecule has 21 heavy (non-hydrogen) atoms. The van der Waals surface area contributed by atoms with Crippen molar-refractivity contribution in [2.75, 3.05) is 37.2 Å². The number of rotatable bonds is 3. The second-order valence-electron chi connectivity index (χ2n) is 4.58. The molecule has 0 saturated carbocycles. The minimum atomic E-state index is -3.19. The van der Waals surface area contributed by atoms with E-state index in [1.165, 1.54) is 10.5 Å². The van der Waals surface area contributed by atoms with Crippen LogP contribution in [0.1, 0.15) is 6.92 Å². The van der Waals surface area contributed by atoms with Crippen LogP contribution in [0.4, 0.5) is 10.6 Å². The number of nitrogens with zero attached hydrogens (tertiary/aromatic N) is 3. The lowest BCUT2D eigenvalue weighted by atomic mass is 10.4. The third-order valence-electron chi connectivity index (χ3n) is 3.25. The molecule has 7 nitrogen and oxygen atoms in total. The van der Waals surface area contributed by atoms with Crippen LogP contribution in [0.5, 0.6) is 0 Å². The molecule has 0 unspecified atom stereocenters. The van der Waals surface area contributed by atoms with Crippen molar-refractivity contribution in [3.63, 3.8) is 0 Å². The van der Waals surface area contributed by atoms with Crippen LogP contribution in [-0.2, 0) is 10.0 Å². The minimum absolute atomic E-state index is 0.0773. The van der Waals surface area contributed by atoms with Gasteiger partial charge in [-0.1, -0.05) is 11.6 Å². The van der Waals surface area contributed by atoms with E-state index >= 15 is 0 Å². The molecule has 1 saturated heterocycles. The van der Waals surface area contributed by atoms with Crippen LogP contribution < -0.4 is 5.32 Å². The molecule has 9 heteroatoms. The smallest absolute Gasteiger partial charge is 0.322 e. The highest BCUT2D eigenvalue weighted by Gasteiger charge is 2.27. The Morgan fingerprint density at radius 3 is 2.52 bits per heavy atom. The van der Waals surface area contributed by atoms with Gasteiger partial charge in [0.1, 0.15) is 5.82 Å². The SMILES string of the molecule is CCS(=O)(=O)N1CCN(C(=O)Nc2ccc(Cl)cn2)CC1. The van der Waals surface area contributed by atoms with Crippen LogP contribution in [-0.4, -0.2) is 60.6 Å². The van der Waals surface area contributed by atoms with Crippen LogP contribution in [0.25, 0.3) is 0 Å². The number of piperazine rings is 1. The molecule has 0 radical (unpaired) electrons. The van der Waals surface area contributed by atoms with E-state index < -0.39 is 10.0 Å². The fourth-order valence-electron chi connectivity index (χ4n) is 1.99. The number of carbonyl (C=O) groups is 1. The van der Waals surface area contributed by atoms with Crippen molar-refractivity contribution in [3.8, 4) is 0 Å². The van der Waals surface area contributed by atoms with Crippen LogP contribution in [0.3, 0.4) is 0 Å². The lowest BCUT2D eigenvalue weighted by Crippen LogP contribution is -2.51. The maximum Gasteiger partial charge on any atom is 0.323 e. The van der Waals surface area contributed by atoms with E-state index in [-0.39, 0.29) is 11.8 Å². The molecule has 0 spiro atoms. The maximum absolute atomic E-state index is 12.1. The van der Waals surface area contributed by atoms with Crippen LogP contribution in [0, 0.1) is 0 Å². The van der Waals surface area contributed by atoms with Crippen molar-refractivity contribution in [1.29, 1.82) is 0 Å². The monoisotopic (exact) mass is 332 g/mol. The number of amides is 2. The zero-order valence-corrected chi connectivity index (χ0v) is 13.2. The van der Waals surface area contributed by atoms with Gasteiger partial charge in [-0.25, -0.2) is 18.2 Å². The van der Waals surface area contributed by atoms with Crippen molar-refractivity contribution in [2.24, 2.45) is 0 Å². The Morgan fingerprint density at radius 2 is 2.00 bits per heavy atom. The maximum atomic E-state index is 12.1. The van der Waals surface area contributed by atoms with Gasteiger partial charge in [0.05, 0.1) is 10.8 Å². The molecule has 2 heterocycles. The van der Waals surface area contributed by atoms with E-state index in [9.17, 15) is 13.2 Å². The summed E-state index contributed by atoms with van der Waals surface area (Å²) >= 11 is 5.72. The predicted molar refractivity (Wildman–Crippen MR) is 80.9 cm³/mol. The molecule has 1 aliphatic heterocycles. The summed E-state index contributed by atoms with van der Waals surface area (Å²) < 4.78 is 24.9. The minimum Gasteiger partial charge on any atom is -0.322 e. The van der Waals surface area contributed by atoms with Gasteiger partial charge in [-0.2, -0.15) is 4.31 Å². The van der Waals surface area contributed by atoms with Crippen molar-refractivity contribution >= 4 is 33.5 Å².